The first-order valence-corrected chi connectivity index (χ1v) is 9.19. The second kappa shape index (κ2) is 7.36. The zero-order valence-electron chi connectivity index (χ0n) is 13.2. The Hall–Kier alpha value is -2.20. The van der Waals surface area contributed by atoms with E-state index >= 15 is 0 Å². The summed E-state index contributed by atoms with van der Waals surface area (Å²) < 4.78 is 0. The number of rotatable bonds is 3. The molecule has 1 atom stereocenters. The van der Waals surface area contributed by atoms with Gasteiger partial charge in [-0.3, -0.25) is 4.79 Å². The number of nitriles is 1. The van der Waals surface area contributed by atoms with Gasteiger partial charge in [0, 0.05) is 26.9 Å². The van der Waals surface area contributed by atoms with E-state index in [1.54, 1.807) is 24.3 Å². The largest absolute Gasteiger partial charge is 0.372 e. The van der Waals surface area contributed by atoms with Gasteiger partial charge < -0.3 is 10.6 Å². The van der Waals surface area contributed by atoms with Crippen LogP contribution in [0, 0.1) is 11.3 Å². The summed E-state index contributed by atoms with van der Waals surface area (Å²) in [5.74, 6) is -0.288. The Kier molecular flexibility index (Phi) is 5.19. The van der Waals surface area contributed by atoms with Crippen molar-refractivity contribution in [2.75, 3.05) is 5.32 Å². The van der Waals surface area contributed by atoms with Gasteiger partial charge in [0.1, 0.15) is 5.37 Å². The minimum atomic E-state index is -0.450. The molecule has 0 fully saturated rings. The van der Waals surface area contributed by atoms with Gasteiger partial charge in [0.2, 0.25) is 0 Å². The van der Waals surface area contributed by atoms with Crippen molar-refractivity contribution < 1.29 is 4.79 Å². The zero-order valence-corrected chi connectivity index (χ0v) is 15.7. The SMILES string of the molecule is CC1=C(C(=O)Nc2ccc(Cl)cc2)C(c2cccs2)=C(C#N)[C@H](S)N1. The number of carbonyl (C=O) groups is 1. The lowest BCUT2D eigenvalue weighted by Crippen LogP contribution is -2.33. The molecule has 1 aromatic heterocycles. The van der Waals surface area contributed by atoms with Crippen LogP contribution in [0.15, 0.2) is 58.6 Å². The number of benzene rings is 1. The van der Waals surface area contributed by atoms with Gasteiger partial charge in [-0.25, -0.2) is 0 Å². The number of thiol groups is 1. The number of nitrogens with one attached hydrogen (secondary N) is 2. The molecule has 4 nitrogen and oxygen atoms in total. The number of hydrogen-bond acceptors (Lipinski definition) is 5. The van der Waals surface area contributed by atoms with Crippen molar-refractivity contribution in [3.8, 4) is 6.07 Å². The van der Waals surface area contributed by atoms with Crippen LogP contribution >= 0.6 is 35.6 Å². The molecule has 0 unspecified atom stereocenters. The summed E-state index contributed by atoms with van der Waals surface area (Å²) in [6.07, 6.45) is 0. The molecule has 0 saturated heterocycles. The molecule has 126 valence electrons. The van der Waals surface area contributed by atoms with E-state index in [1.165, 1.54) is 11.3 Å². The summed E-state index contributed by atoms with van der Waals surface area (Å²) in [7, 11) is 0. The average Bonchev–Trinajstić information content (AvgIpc) is 3.10. The number of allylic oxidation sites excluding steroid dienone is 1. The quantitative estimate of drug-likeness (QED) is 0.681. The maximum absolute atomic E-state index is 12.9. The van der Waals surface area contributed by atoms with Crippen LogP contribution in [0.2, 0.25) is 5.02 Å². The minimum absolute atomic E-state index is 0.288. The lowest BCUT2D eigenvalue weighted by atomic mass is 9.93. The Bertz CT molecular complexity index is 909. The van der Waals surface area contributed by atoms with Crippen molar-refractivity contribution >= 4 is 52.7 Å². The third-order valence-electron chi connectivity index (χ3n) is 3.74. The summed E-state index contributed by atoms with van der Waals surface area (Å²) in [5, 5.41) is 17.6. The Morgan fingerprint density at radius 3 is 2.68 bits per heavy atom. The van der Waals surface area contributed by atoms with Gasteiger partial charge in [-0.05, 0) is 42.6 Å². The fraction of sp³-hybridized carbons (Fsp3) is 0.111. The highest BCUT2D eigenvalue weighted by molar-refractivity contribution is 7.81. The molecular formula is C18H14ClN3OS2. The maximum atomic E-state index is 12.9. The lowest BCUT2D eigenvalue weighted by molar-refractivity contribution is -0.112. The van der Waals surface area contributed by atoms with Crippen molar-refractivity contribution in [3.05, 3.63) is 68.5 Å². The second-order valence-corrected chi connectivity index (χ2v) is 7.29. The summed E-state index contributed by atoms with van der Waals surface area (Å²) in [4.78, 5) is 13.8. The van der Waals surface area contributed by atoms with Crippen LogP contribution in [-0.4, -0.2) is 11.3 Å². The molecule has 0 aliphatic carbocycles. The van der Waals surface area contributed by atoms with E-state index in [0.29, 0.717) is 33.1 Å². The third-order valence-corrected chi connectivity index (χ3v) is 5.26. The number of amides is 1. The molecule has 1 aliphatic heterocycles. The van der Waals surface area contributed by atoms with Gasteiger partial charge in [0.25, 0.3) is 5.91 Å². The Morgan fingerprint density at radius 1 is 1.36 bits per heavy atom. The molecule has 1 amide bonds. The van der Waals surface area contributed by atoms with Gasteiger partial charge in [-0.2, -0.15) is 5.26 Å². The molecule has 0 radical (unpaired) electrons. The smallest absolute Gasteiger partial charge is 0.258 e. The highest BCUT2D eigenvalue weighted by Crippen LogP contribution is 2.37. The molecule has 2 N–H and O–H groups in total. The van der Waals surface area contributed by atoms with E-state index in [4.69, 9.17) is 11.6 Å². The summed E-state index contributed by atoms with van der Waals surface area (Å²) in [6.45, 7) is 1.81. The number of dihydropyridines is 1. The first kappa shape index (κ1) is 17.6. The summed E-state index contributed by atoms with van der Waals surface area (Å²) in [6, 6.07) is 12.8. The van der Waals surface area contributed by atoms with Crippen molar-refractivity contribution in [1.29, 1.82) is 5.26 Å². The fourth-order valence-electron chi connectivity index (χ4n) is 2.61. The molecular weight excluding hydrogens is 374 g/mol. The van der Waals surface area contributed by atoms with Gasteiger partial charge >= 0.3 is 0 Å². The number of hydrogen-bond donors (Lipinski definition) is 3. The Balaban J connectivity index is 2.04. The number of nitrogens with zero attached hydrogens (tertiary/aromatic N) is 1. The molecule has 3 rings (SSSR count). The van der Waals surface area contributed by atoms with Crippen LogP contribution in [-0.2, 0) is 4.79 Å². The fourth-order valence-corrected chi connectivity index (χ4v) is 3.91. The van der Waals surface area contributed by atoms with E-state index < -0.39 is 5.37 Å². The highest BCUT2D eigenvalue weighted by Gasteiger charge is 2.30. The topological polar surface area (TPSA) is 64.9 Å². The number of carbonyl (C=O) groups excluding carboxylic acids is 1. The van der Waals surface area contributed by atoms with Crippen molar-refractivity contribution in [2.24, 2.45) is 0 Å². The van der Waals surface area contributed by atoms with Crippen LogP contribution in [0.1, 0.15) is 11.8 Å². The molecule has 0 bridgehead atoms. The van der Waals surface area contributed by atoms with Crippen molar-refractivity contribution in [1.82, 2.24) is 5.32 Å². The predicted octanol–water partition coefficient (Wildman–Crippen LogP) is 4.45. The molecule has 1 aromatic carbocycles. The van der Waals surface area contributed by atoms with Gasteiger partial charge in [0.05, 0.1) is 17.2 Å². The predicted molar refractivity (Wildman–Crippen MR) is 106 cm³/mol. The third kappa shape index (κ3) is 3.59. The molecule has 0 saturated carbocycles. The van der Waals surface area contributed by atoms with E-state index in [9.17, 15) is 10.1 Å². The molecule has 2 aromatic rings. The summed E-state index contributed by atoms with van der Waals surface area (Å²) >= 11 is 11.8. The van der Waals surface area contributed by atoms with E-state index in [2.05, 4.69) is 29.3 Å². The Labute approximate surface area is 160 Å². The van der Waals surface area contributed by atoms with Crippen LogP contribution in [0.3, 0.4) is 0 Å². The van der Waals surface area contributed by atoms with Crippen LogP contribution in [0.4, 0.5) is 5.69 Å². The van der Waals surface area contributed by atoms with Gasteiger partial charge in [0.15, 0.2) is 0 Å². The monoisotopic (exact) mass is 387 g/mol. The first-order valence-electron chi connectivity index (χ1n) is 7.42. The van der Waals surface area contributed by atoms with Gasteiger partial charge in [-0.1, -0.05) is 17.7 Å². The zero-order chi connectivity index (χ0) is 18.0. The lowest BCUT2D eigenvalue weighted by Gasteiger charge is -2.26. The van der Waals surface area contributed by atoms with E-state index in [-0.39, 0.29) is 5.91 Å². The van der Waals surface area contributed by atoms with Crippen LogP contribution < -0.4 is 10.6 Å². The second-order valence-electron chi connectivity index (χ2n) is 5.39. The van der Waals surface area contributed by atoms with E-state index in [0.717, 1.165) is 4.88 Å². The molecule has 2 heterocycles. The molecule has 1 aliphatic rings. The average molecular weight is 388 g/mol. The molecule has 0 spiro atoms. The number of anilines is 1. The standard InChI is InChI=1S/C18H14ClN3OS2/c1-10-15(17(23)22-12-6-4-11(19)5-7-12)16(14-3-2-8-25-14)13(9-20)18(24)21-10/h2-8,18,21,24H,1H3,(H,22,23)/t18-/m0/s1. The number of thiophene rings is 1. The van der Waals surface area contributed by atoms with Crippen molar-refractivity contribution in [3.63, 3.8) is 0 Å². The van der Waals surface area contributed by atoms with Gasteiger partial charge in [-0.15, -0.1) is 24.0 Å². The minimum Gasteiger partial charge on any atom is -0.372 e. The van der Waals surface area contributed by atoms with Crippen molar-refractivity contribution in [2.45, 2.75) is 12.3 Å². The summed E-state index contributed by atoms with van der Waals surface area (Å²) in [5.41, 5.74) is 2.80. The normalized spacial score (nSPS) is 17.1. The molecule has 7 heteroatoms. The maximum Gasteiger partial charge on any atom is 0.258 e. The number of halogens is 1. The van der Waals surface area contributed by atoms with E-state index in [1.807, 2.05) is 24.4 Å². The first-order chi connectivity index (χ1) is 12.0. The van der Waals surface area contributed by atoms with Crippen LogP contribution in [0.5, 0.6) is 0 Å². The molecule has 25 heavy (non-hydrogen) atoms. The van der Waals surface area contributed by atoms with Crippen LogP contribution in [0.25, 0.3) is 5.57 Å². The Morgan fingerprint density at radius 2 is 2.08 bits per heavy atom. The highest BCUT2D eigenvalue weighted by atomic mass is 35.5.